The molecule has 1 saturated carbocycles. The van der Waals surface area contributed by atoms with Crippen molar-refractivity contribution in [1.82, 2.24) is 9.47 Å². The van der Waals surface area contributed by atoms with Crippen molar-refractivity contribution in [2.45, 2.75) is 38.5 Å². The van der Waals surface area contributed by atoms with E-state index in [1.165, 1.54) is 42.7 Å². The van der Waals surface area contributed by atoms with Crippen molar-refractivity contribution >= 4 is 5.91 Å². The molecule has 2 heterocycles. The smallest absolute Gasteiger partial charge is 0.270 e. The zero-order valence-electron chi connectivity index (χ0n) is 12.8. The summed E-state index contributed by atoms with van der Waals surface area (Å²) in [4.78, 5) is 26.1. The molecule has 1 unspecified atom stereocenters. The van der Waals surface area contributed by atoms with Gasteiger partial charge in [0.25, 0.3) is 11.5 Å². The number of nitrogens with zero attached hydrogens (tertiary/aromatic N) is 2. The van der Waals surface area contributed by atoms with E-state index < -0.39 is 0 Å². The first-order chi connectivity index (χ1) is 10.1. The van der Waals surface area contributed by atoms with E-state index in [0.29, 0.717) is 11.6 Å². The number of carbonyl (C=O) groups is 1. The molecule has 1 saturated heterocycles. The molecule has 1 aromatic heterocycles. The van der Waals surface area contributed by atoms with Crippen LogP contribution in [0.1, 0.15) is 49.0 Å². The normalized spacial score (nSPS) is 22.9. The Kier molecular flexibility index (Phi) is 4.13. The van der Waals surface area contributed by atoms with Gasteiger partial charge in [0.2, 0.25) is 0 Å². The third kappa shape index (κ3) is 3.04. The number of carbonyl (C=O) groups excluding carboxylic acids is 1. The van der Waals surface area contributed by atoms with Gasteiger partial charge in [-0.1, -0.05) is 31.7 Å². The van der Waals surface area contributed by atoms with Crippen LogP contribution in [0.25, 0.3) is 0 Å². The second-order valence-corrected chi connectivity index (χ2v) is 6.60. The third-order valence-corrected chi connectivity index (χ3v) is 5.12. The van der Waals surface area contributed by atoms with E-state index in [-0.39, 0.29) is 11.5 Å². The van der Waals surface area contributed by atoms with Crippen molar-refractivity contribution < 1.29 is 4.79 Å². The maximum absolute atomic E-state index is 12.6. The van der Waals surface area contributed by atoms with Crippen LogP contribution >= 0.6 is 0 Å². The minimum atomic E-state index is -0.123. The molecule has 1 aromatic rings. The quantitative estimate of drug-likeness (QED) is 0.857. The summed E-state index contributed by atoms with van der Waals surface area (Å²) < 4.78 is 1.45. The maximum Gasteiger partial charge on any atom is 0.270 e. The Bertz CT molecular complexity index is 572. The average Bonchev–Trinajstić information content (AvgIpc) is 3.13. The summed E-state index contributed by atoms with van der Waals surface area (Å²) in [5.41, 5.74) is 0.381. The summed E-state index contributed by atoms with van der Waals surface area (Å²) in [5, 5.41) is 0. The van der Waals surface area contributed by atoms with Gasteiger partial charge in [-0.3, -0.25) is 9.59 Å². The minimum absolute atomic E-state index is 0.00382. The van der Waals surface area contributed by atoms with Crippen LogP contribution in [-0.2, 0) is 7.05 Å². The first kappa shape index (κ1) is 14.4. The van der Waals surface area contributed by atoms with Gasteiger partial charge in [-0.2, -0.15) is 0 Å². The number of likely N-dealkylation sites (tertiary alicyclic amines) is 1. The molecule has 21 heavy (non-hydrogen) atoms. The highest BCUT2D eigenvalue weighted by atomic mass is 16.2. The van der Waals surface area contributed by atoms with Crippen LogP contribution in [0.5, 0.6) is 0 Å². The Morgan fingerprint density at radius 1 is 1.19 bits per heavy atom. The fourth-order valence-electron chi connectivity index (χ4n) is 3.87. The summed E-state index contributed by atoms with van der Waals surface area (Å²) in [6.45, 7) is 1.69. The molecule has 0 aromatic carbocycles. The van der Waals surface area contributed by atoms with Crippen molar-refractivity contribution in [3.05, 3.63) is 34.2 Å². The number of aromatic nitrogens is 1. The first-order valence-corrected chi connectivity index (χ1v) is 8.10. The van der Waals surface area contributed by atoms with Crippen molar-refractivity contribution in [1.29, 1.82) is 0 Å². The van der Waals surface area contributed by atoms with E-state index in [0.717, 1.165) is 25.4 Å². The van der Waals surface area contributed by atoms with Crippen LogP contribution in [0.2, 0.25) is 0 Å². The Labute approximate surface area is 125 Å². The van der Waals surface area contributed by atoms with Gasteiger partial charge in [0, 0.05) is 26.2 Å². The third-order valence-electron chi connectivity index (χ3n) is 5.12. The Balaban J connectivity index is 1.64. The summed E-state index contributed by atoms with van der Waals surface area (Å²) in [6.07, 6.45) is 7.90. The number of rotatable bonds is 3. The SMILES string of the molecule is Cn1c(C(=O)N2CCC(CC3CCCC3)C2)cccc1=O. The lowest BCUT2D eigenvalue weighted by atomic mass is 9.93. The van der Waals surface area contributed by atoms with Crippen LogP contribution in [-0.4, -0.2) is 28.5 Å². The largest absolute Gasteiger partial charge is 0.337 e. The minimum Gasteiger partial charge on any atom is -0.337 e. The van der Waals surface area contributed by atoms with Crippen LogP contribution in [0.3, 0.4) is 0 Å². The van der Waals surface area contributed by atoms with Gasteiger partial charge in [0.15, 0.2) is 0 Å². The monoisotopic (exact) mass is 288 g/mol. The van der Waals surface area contributed by atoms with E-state index in [1.807, 2.05) is 4.90 Å². The fourth-order valence-corrected chi connectivity index (χ4v) is 3.87. The molecule has 0 radical (unpaired) electrons. The molecule has 1 amide bonds. The van der Waals surface area contributed by atoms with Crippen molar-refractivity contribution in [2.75, 3.05) is 13.1 Å². The Morgan fingerprint density at radius 3 is 2.71 bits per heavy atom. The summed E-state index contributed by atoms with van der Waals surface area (Å²) >= 11 is 0. The zero-order valence-corrected chi connectivity index (χ0v) is 12.8. The lowest BCUT2D eigenvalue weighted by molar-refractivity contribution is 0.0774. The van der Waals surface area contributed by atoms with Crippen LogP contribution in [0.15, 0.2) is 23.0 Å². The predicted octanol–water partition coefficient (Wildman–Crippen LogP) is 2.43. The topological polar surface area (TPSA) is 42.3 Å². The summed E-state index contributed by atoms with van der Waals surface area (Å²) in [5.74, 6) is 1.54. The van der Waals surface area contributed by atoms with Gasteiger partial charge in [-0.15, -0.1) is 0 Å². The number of pyridine rings is 1. The lowest BCUT2D eigenvalue weighted by Gasteiger charge is -2.19. The molecule has 1 aliphatic heterocycles. The Hall–Kier alpha value is -1.58. The van der Waals surface area contributed by atoms with Gasteiger partial charge in [0.05, 0.1) is 0 Å². The van der Waals surface area contributed by atoms with Crippen LogP contribution in [0, 0.1) is 11.8 Å². The standard InChI is InChI=1S/C17H24N2O2/c1-18-15(7-4-8-16(18)20)17(21)19-10-9-14(12-19)11-13-5-2-3-6-13/h4,7-8,13-14H,2-3,5-6,9-12H2,1H3. The molecule has 1 aliphatic carbocycles. The van der Waals surface area contributed by atoms with Crippen LogP contribution < -0.4 is 5.56 Å². The van der Waals surface area contributed by atoms with E-state index in [1.54, 1.807) is 19.2 Å². The second-order valence-electron chi connectivity index (χ2n) is 6.60. The fraction of sp³-hybridized carbons (Fsp3) is 0.647. The molecule has 4 heteroatoms. The molecule has 0 N–H and O–H groups in total. The van der Waals surface area contributed by atoms with Gasteiger partial charge < -0.3 is 9.47 Å². The van der Waals surface area contributed by atoms with E-state index in [9.17, 15) is 9.59 Å². The number of amides is 1. The summed E-state index contributed by atoms with van der Waals surface area (Å²) in [6, 6.07) is 4.90. The highest BCUT2D eigenvalue weighted by molar-refractivity contribution is 5.92. The molecule has 2 aliphatic rings. The van der Waals surface area contributed by atoms with Crippen LogP contribution in [0.4, 0.5) is 0 Å². The number of hydrogen-bond donors (Lipinski definition) is 0. The van der Waals surface area contributed by atoms with Crippen molar-refractivity contribution in [3.63, 3.8) is 0 Å². The van der Waals surface area contributed by atoms with E-state index >= 15 is 0 Å². The number of hydrogen-bond acceptors (Lipinski definition) is 2. The molecule has 4 nitrogen and oxygen atoms in total. The van der Waals surface area contributed by atoms with Crippen molar-refractivity contribution in [2.24, 2.45) is 18.9 Å². The first-order valence-electron chi connectivity index (χ1n) is 8.10. The molecular formula is C17H24N2O2. The average molecular weight is 288 g/mol. The maximum atomic E-state index is 12.6. The van der Waals surface area contributed by atoms with Crippen molar-refractivity contribution in [3.8, 4) is 0 Å². The van der Waals surface area contributed by atoms with E-state index in [4.69, 9.17) is 0 Å². The second kappa shape index (κ2) is 6.04. The predicted molar refractivity (Wildman–Crippen MR) is 82.3 cm³/mol. The zero-order chi connectivity index (χ0) is 14.8. The molecular weight excluding hydrogens is 264 g/mol. The molecule has 0 bridgehead atoms. The van der Waals surface area contributed by atoms with Gasteiger partial charge in [-0.25, -0.2) is 0 Å². The molecule has 1 atom stereocenters. The lowest BCUT2D eigenvalue weighted by Crippen LogP contribution is -2.33. The molecule has 2 fully saturated rings. The highest BCUT2D eigenvalue weighted by Gasteiger charge is 2.30. The Morgan fingerprint density at radius 2 is 1.95 bits per heavy atom. The highest BCUT2D eigenvalue weighted by Crippen LogP contribution is 2.33. The molecule has 3 rings (SSSR count). The van der Waals surface area contributed by atoms with Gasteiger partial charge in [0.1, 0.15) is 5.69 Å². The molecule has 114 valence electrons. The van der Waals surface area contributed by atoms with E-state index in [2.05, 4.69) is 0 Å². The summed E-state index contributed by atoms with van der Waals surface area (Å²) in [7, 11) is 1.67. The molecule has 0 spiro atoms. The van der Waals surface area contributed by atoms with Gasteiger partial charge >= 0.3 is 0 Å². The van der Waals surface area contributed by atoms with Gasteiger partial charge in [-0.05, 0) is 30.7 Å².